The predicted molar refractivity (Wildman–Crippen MR) is 107 cm³/mol. The van der Waals surface area contributed by atoms with Crippen molar-refractivity contribution in [3.8, 4) is 0 Å². The highest BCUT2D eigenvalue weighted by Gasteiger charge is 2.25. The molecule has 0 aromatic heterocycles. The van der Waals surface area contributed by atoms with E-state index in [9.17, 15) is 19.4 Å². The van der Waals surface area contributed by atoms with Gasteiger partial charge in [0.15, 0.2) is 6.29 Å². The Kier molecular flexibility index (Phi) is 7.72. The van der Waals surface area contributed by atoms with Crippen LogP contribution in [0.2, 0.25) is 0 Å². The van der Waals surface area contributed by atoms with Crippen molar-refractivity contribution in [2.75, 3.05) is 0 Å². The molecule has 5 heteroatoms. The van der Waals surface area contributed by atoms with Crippen molar-refractivity contribution < 1.29 is 24.5 Å². The van der Waals surface area contributed by atoms with Crippen molar-refractivity contribution in [1.29, 1.82) is 0 Å². The molecule has 0 saturated heterocycles. The van der Waals surface area contributed by atoms with Crippen LogP contribution in [0.15, 0.2) is 30.3 Å². The summed E-state index contributed by atoms with van der Waals surface area (Å²) in [6.45, 7) is 5.77. The van der Waals surface area contributed by atoms with Gasteiger partial charge < -0.3 is 15.3 Å². The van der Waals surface area contributed by atoms with Crippen LogP contribution in [0.1, 0.15) is 77.7 Å². The number of hydrogen-bond donors (Lipinski definition) is 3. The monoisotopic (exact) mass is 388 g/mol. The quantitative estimate of drug-likeness (QED) is 0.422. The van der Waals surface area contributed by atoms with Crippen LogP contribution in [0.4, 0.5) is 4.39 Å². The number of carboxylic acid groups (broad SMARTS) is 1. The summed E-state index contributed by atoms with van der Waals surface area (Å²) >= 11 is 0. The number of aryl methyl sites for hydroxylation is 2. The summed E-state index contributed by atoms with van der Waals surface area (Å²) in [4.78, 5) is 10.7. The topological polar surface area (TPSA) is 77.8 Å². The fourth-order valence-electron chi connectivity index (χ4n) is 3.91. The summed E-state index contributed by atoms with van der Waals surface area (Å²) in [5, 5.41) is 29.0. The van der Waals surface area contributed by atoms with E-state index in [2.05, 4.69) is 0 Å². The largest absolute Gasteiger partial charge is 0.481 e. The lowest BCUT2D eigenvalue weighted by Crippen LogP contribution is -2.13. The molecule has 0 heterocycles. The van der Waals surface area contributed by atoms with Gasteiger partial charge in [-0.1, -0.05) is 31.0 Å². The lowest BCUT2D eigenvalue weighted by atomic mass is 9.79. The zero-order valence-electron chi connectivity index (χ0n) is 16.7. The van der Waals surface area contributed by atoms with Crippen LogP contribution in [-0.4, -0.2) is 21.3 Å². The number of rotatable bonds is 9. The van der Waals surface area contributed by atoms with E-state index in [0.29, 0.717) is 18.4 Å². The molecular formula is C23H29FO4. The molecule has 0 saturated carbocycles. The first-order chi connectivity index (χ1) is 13.2. The highest BCUT2D eigenvalue weighted by molar-refractivity contribution is 5.66. The van der Waals surface area contributed by atoms with E-state index in [1.165, 1.54) is 12.1 Å². The minimum Gasteiger partial charge on any atom is -0.481 e. The summed E-state index contributed by atoms with van der Waals surface area (Å²) < 4.78 is 13.4. The molecule has 4 nitrogen and oxygen atoms in total. The molecule has 0 radical (unpaired) electrons. The zero-order chi connectivity index (χ0) is 20.8. The minimum absolute atomic E-state index is 0.124. The second kappa shape index (κ2) is 9.80. The molecule has 1 atom stereocenters. The molecule has 0 spiro atoms. The van der Waals surface area contributed by atoms with Crippen LogP contribution in [0, 0.1) is 26.6 Å². The van der Waals surface area contributed by atoms with Crippen LogP contribution in [0.3, 0.4) is 0 Å². The van der Waals surface area contributed by atoms with Gasteiger partial charge in [0.2, 0.25) is 0 Å². The smallest absolute Gasteiger partial charge is 0.303 e. The first-order valence-electron chi connectivity index (χ1n) is 9.66. The maximum Gasteiger partial charge on any atom is 0.303 e. The highest BCUT2D eigenvalue weighted by atomic mass is 19.1. The number of benzene rings is 2. The average molecular weight is 388 g/mol. The number of carboxylic acids is 1. The van der Waals surface area contributed by atoms with Gasteiger partial charge in [-0.25, -0.2) is 4.39 Å². The van der Waals surface area contributed by atoms with Gasteiger partial charge in [-0.05, 0) is 73.6 Å². The Labute approximate surface area is 165 Å². The van der Waals surface area contributed by atoms with Crippen molar-refractivity contribution in [2.45, 2.75) is 65.1 Å². The molecular weight excluding hydrogens is 359 g/mol. The Morgan fingerprint density at radius 3 is 2.18 bits per heavy atom. The van der Waals surface area contributed by atoms with Crippen LogP contribution < -0.4 is 0 Å². The predicted octanol–water partition coefficient (Wildman–Crippen LogP) is 4.90. The number of hydrogen-bond acceptors (Lipinski definition) is 3. The molecule has 0 bridgehead atoms. The van der Waals surface area contributed by atoms with Crippen LogP contribution in [0.5, 0.6) is 0 Å². The van der Waals surface area contributed by atoms with E-state index in [1.807, 2.05) is 26.8 Å². The molecule has 2 aromatic rings. The van der Waals surface area contributed by atoms with E-state index >= 15 is 0 Å². The molecule has 28 heavy (non-hydrogen) atoms. The Hall–Kier alpha value is -2.24. The van der Waals surface area contributed by atoms with Crippen molar-refractivity contribution in [1.82, 2.24) is 0 Å². The minimum atomic E-state index is -1.59. The number of aliphatic hydroxyl groups is 2. The van der Waals surface area contributed by atoms with Gasteiger partial charge in [0.1, 0.15) is 5.82 Å². The second-order valence-corrected chi connectivity index (χ2v) is 7.43. The molecule has 1 unspecified atom stereocenters. The Morgan fingerprint density at radius 2 is 1.61 bits per heavy atom. The number of halogens is 1. The number of aliphatic carboxylic acids is 1. The fourth-order valence-corrected chi connectivity index (χ4v) is 3.91. The van der Waals surface area contributed by atoms with Gasteiger partial charge in [-0.15, -0.1) is 0 Å². The fraction of sp³-hybridized carbons (Fsp3) is 0.435. The summed E-state index contributed by atoms with van der Waals surface area (Å²) in [7, 11) is 0. The normalized spacial score (nSPS) is 12.4. The third-order valence-corrected chi connectivity index (χ3v) is 5.41. The summed E-state index contributed by atoms with van der Waals surface area (Å²) in [5.41, 5.74) is 5.08. The third kappa shape index (κ3) is 5.40. The molecule has 0 aliphatic heterocycles. The van der Waals surface area contributed by atoms with Gasteiger partial charge in [-0.3, -0.25) is 4.79 Å². The van der Waals surface area contributed by atoms with E-state index in [4.69, 9.17) is 5.11 Å². The summed E-state index contributed by atoms with van der Waals surface area (Å²) in [6.07, 6.45) is 1.43. The standard InChI is InChI=1S/C23H29FO4/c1-14-13-15(2)21(22(16(14)3)23(27)28)19(7-5-4-6-8-20(25)26)17-9-11-18(24)12-10-17/h9-13,19,23,27-28H,4-8H2,1-3H3,(H,25,26). The zero-order valence-corrected chi connectivity index (χ0v) is 16.7. The van der Waals surface area contributed by atoms with Gasteiger partial charge in [0.25, 0.3) is 0 Å². The van der Waals surface area contributed by atoms with Gasteiger partial charge in [-0.2, -0.15) is 0 Å². The molecule has 0 amide bonds. The van der Waals surface area contributed by atoms with E-state index in [1.54, 1.807) is 12.1 Å². The van der Waals surface area contributed by atoms with E-state index in [-0.39, 0.29) is 18.2 Å². The van der Waals surface area contributed by atoms with Gasteiger partial charge in [0, 0.05) is 17.9 Å². The second-order valence-electron chi connectivity index (χ2n) is 7.43. The van der Waals surface area contributed by atoms with Crippen molar-refractivity contribution >= 4 is 5.97 Å². The lowest BCUT2D eigenvalue weighted by Gasteiger charge is -2.27. The SMILES string of the molecule is Cc1cc(C)c(C(CCCCCC(=O)O)c2ccc(F)cc2)c(C(O)O)c1C. The maximum absolute atomic E-state index is 13.4. The molecule has 152 valence electrons. The molecule has 2 aromatic carbocycles. The van der Waals surface area contributed by atoms with Gasteiger partial charge >= 0.3 is 5.97 Å². The van der Waals surface area contributed by atoms with Crippen LogP contribution in [0.25, 0.3) is 0 Å². The van der Waals surface area contributed by atoms with Crippen molar-refractivity contribution in [3.05, 3.63) is 69.5 Å². The third-order valence-electron chi connectivity index (χ3n) is 5.41. The molecule has 3 N–H and O–H groups in total. The van der Waals surface area contributed by atoms with Crippen LogP contribution in [-0.2, 0) is 4.79 Å². The molecule has 2 rings (SSSR count). The molecule has 0 aliphatic carbocycles. The summed E-state index contributed by atoms with van der Waals surface area (Å²) in [5.74, 6) is -1.24. The Morgan fingerprint density at radius 1 is 0.964 bits per heavy atom. The average Bonchev–Trinajstić information content (AvgIpc) is 2.62. The molecule has 0 aliphatic rings. The summed E-state index contributed by atoms with van der Waals surface area (Å²) in [6, 6.07) is 8.34. The Balaban J connectivity index is 2.43. The number of carbonyl (C=O) groups is 1. The first-order valence-corrected chi connectivity index (χ1v) is 9.66. The number of unbranched alkanes of at least 4 members (excludes halogenated alkanes) is 2. The number of aliphatic hydroxyl groups excluding tert-OH is 1. The van der Waals surface area contributed by atoms with Crippen molar-refractivity contribution in [3.63, 3.8) is 0 Å². The van der Waals surface area contributed by atoms with Gasteiger partial charge in [0.05, 0.1) is 0 Å². The lowest BCUT2D eigenvalue weighted by molar-refractivity contribution is -0.137. The highest BCUT2D eigenvalue weighted by Crippen LogP contribution is 2.39. The van der Waals surface area contributed by atoms with E-state index in [0.717, 1.165) is 40.7 Å². The Bertz CT molecular complexity index is 812. The van der Waals surface area contributed by atoms with Crippen LogP contribution >= 0.6 is 0 Å². The molecule has 0 fully saturated rings. The maximum atomic E-state index is 13.4. The van der Waals surface area contributed by atoms with Crippen molar-refractivity contribution in [2.24, 2.45) is 0 Å². The first kappa shape index (κ1) is 22.1. The van der Waals surface area contributed by atoms with E-state index < -0.39 is 12.3 Å².